The second kappa shape index (κ2) is 3.25. The molecule has 0 aliphatic rings. The molecule has 3 heterocycles. The first kappa shape index (κ1) is 9.52. The molecule has 18 heavy (non-hydrogen) atoms. The molecule has 0 saturated carbocycles. The van der Waals surface area contributed by atoms with Crippen LogP contribution in [0.3, 0.4) is 0 Å². The second-order valence-electron chi connectivity index (χ2n) is 4.16. The lowest BCUT2D eigenvalue weighted by molar-refractivity contribution is 0.832. The molecule has 4 aromatic rings. The molecule has 6 nitrogen and oxygen atoms in total. The monoisotopic (exact) mass is 238 g/mol. The Labute approximate surface area is 102 Å². The fourth-order valence-corrected chi connectivity index (χ4v) is 2.19. The van der Waals surface area contributed by atoms with Crippen LogP contribution in [0.1, 0.15) is 12.7 Å². The Morgan fingerprint density at radius 3 is 3.00 bits per heavy atom. The van der Waals surface area contributed by atoms with Gasteiger partial charge in [0.25, 0.3) is 5.78 Å². The molecule has 0 amide bonds. The van der Waals surface area contributed by atoms with Gasteiger partial charge in [-0.05, 0) is 6.07 Å². The highest BCUT2D eigenvalue weighted by molar-refractivity contribution is 6.03. The molecular formula is C12H10N6. The molecule has 0 fully saturated rings. The van der Waals surface area contributed by atoms with E-state index in [1.54, 1.807) is 4.52 Å². The Hall–Kier alpha value is -2.50. The zero-order valence-corrected chi connectivity index (χ0v) is 9.75. The van der Waals surface area contributed by atoms with E-state index in [2.05, 4.69) is 25.3 Å². The van der Waals surface area contributed by atoms with Crippen molar-refractivity contribution in [1.29, 1.82) is 0 Å². The standard InChI is InChI=1S/C12H10N6/c1-2-9-15-16-12-14-11-10(17-18(9)12)7-5-3-4-6-8(7)13-11/h3-6H,2H2,1H3,(H,13,14,16). The van der Waals surface area contributed by atoms with Gasteiger partial charge < -0.3 is 4.98 Å². The van der Waals surface area contributed by atoms with Crippen LogP contribution in [0, 0.1) is 0 Å². The zero-order chi connectivity index (χ0) is 12.1. The van der Waals surface area contributed by atoms with Crippen molar-refractivity contribution in [3.8, 4) is 0 Å². The number of nitrogens with one attached hydrogen (secondary N) is 1. The number of hydrogen-bond donors (Lipinski definition) is 1. The van der Waals surface area contributed by atoms with E-state index in [9.17, 15) is 0 Å². The van der Waals surface area contributed by atoms with E-state index in [1.807, 2.05) is 31.2 Å². The Bertz CT molecular complexity index is 872. The molecule has 0 radical (unpaired) electrons. The van der Waals surface area contributed by atoms with E-state index in [0.29, 0.717) is 5.78 Å². The minimum absolute atomic E-state index is 0.533. The van der Waals surface area contributed by atoms with Crippen LogP contribution < -0.4 is 0 Å². The van der Waals surface area contributed by atoms with Crippen molar-refractivity contribution in [1.82, 2.24) is 29.8 Å². The van der Waals surface area contributed by atoms with Crippen molar-refractivity contribution in [2.24, 2.45) is 0 Å². The largest absolute Gasteiger partial charge is 0.338 e. The summed E-state index contributed by atoms with van der Waals surface area (Å²) in [4.78, 5) is 7.70. The summed E-state index contributed by atoms with van der Waals surface area (Å²) in [6, 6.07) is 8.03. The molecule has 0 saturated heterocycles. The number of rotatable bonds is 1. The van der Waals surface area contributed by atoms with Crippen molar-refractivity contribution < 1.29 is 0 Å². The first-order valence-corrected chi connectivity index (χ1v) is 5.85. The first-order valence-electron chi connectivity index (χ1n) is 5.85. The molecular weight excluding hydrogens is 228 g/mol. The summed E-state index contributed by atoms with van der Waals surface area (Å²) in [6.45, 7) is 2.03. The minimum Gasteiger partial charge on any atom is -0.338 e. The number of aryl methyl sites for hydroxylation is 1. The summed E-state index contributed by atoms with van der Waals surface area (Å²) in [5.41, 5.74) is 2.64. The highest BCUT2D eigenvalue weighted by Gasteiger charge is 2.11. The number of H-pyrrole nitrogens is 1. The maximum Gasteiger partial charge on any atom is 0.273 e. The van der Waals surface area contributed by atoms with E-state index in [0.717, 1.165) is 34.3 Å². The van der Waals surface area contributed by atoms with Gasteiger partial charge in [-0.1, -0.05) is 25.1 Å². The summed E-state index contributed by atoms with van der Waals surface area (Å²) in [7, 11) is 0. The van der Waals surface area contributed by atoms with Gasteiger partial charge in [0.2, 0.25) is 0 Å². The van der Waals surface area contributed by atoms with Crippen LogP contribution in [-0.4, -0.2) is 29.8 Å². The van der Waals surface area contributed by atoms with Gasteiger partial charge >= 0.3 is 0 Å². The number of benzene rings is 1. The molecule has 0 aliphatic carbocycles. The van der Waals surface area contributed by atoms with Gasteiger partial charge in [0.15, 0.2) is 11.5 Å². The van der Waals surface area contributed by atoms with Crippen LogP contribution in [0.25, 0.3) is 27.8 Å². The SMILES string of the molecule is CCc1nnc2nc3[nH]c4ccccc4c3nn12. The number of aromatic amines is 1. The molecule has 0 spiro atoms. The lowest BCUT2D eigenvalue weighted by atomic mass is 10.2. The van der Waals surface area contributed by atoms with Gasteiger partial charge in [-0.2, -0.15) is 14.6 Å². The van der Waals surface area contributed by atoms with Crippen LogP contribution in [0.2, 0.25) is 0 Å². The average molecular weight is 238 g/mol. The van der Waals surface area contributed by atoms with Crippen molar-refractivity contribution >= 4 is 27.8 Å². The van der Waals surface area contributed by atoms with Gasteiger partial charge in [-0.25, -0.2) is 0 Å². The third-order valence-electron chi connectivity index (χ3n) is 3.08. The fourth-order valence-electron chi connectivity index (χ4n) is 2.19. The second-order valence-corrected chi connectivity index (χ2v) is 4.16. The maximum absolute atomic E-state index is 4.59. The predicted molar refractivity (Wildman–Crippen MR) is 67.3 cm³/mol. The van der Waals surface area contributed by atoms with Gasteiger partial charge in [-0.15, -0.1) is 10.2 Å². The van der Waals surface area contributed by atoms with Crippen LogP contribution in [0.15, 0.2) is 24.3 Å². The number of aromatic nitrogens is 6. The Balaban J connectivity index is 2.22. The zero-order valence-electron chi connectivity index (χ0n) is 9.75. The Kier molecular flexibility index (Phi) is 1.72. The predicted octanol–water partition coefficient (Wildman–Crippen LogP) is 1.72. The summed E-state index contributed by atoms with van der Waals surface area (Å²) in [6.07, 6.45) is 0.781. The van der Waals surface area contributed by atoms with E-state index >= 15 is 0 Å². The Morgan fingerprint density at radius 2 is 2.11 bits per heavy atom. The molecule has 88 valence electrons. The van der Waals surface area contributed by atoms with E-state index in [1.165, 1.54) is 0 Å². The molecule has 3 aromatic heterocycles. The lowest BCUT2D eigenvalue weighted by Crippen LogP contribution is -1.99. The third kappa shape index (κ3) is 1.11. The molecule has 1 N–H and O–H groups in total. The summed E-state index contributed by atoms with van der Waals surface area (Å²) in [5, 5.41) is 13.8. The summed E-state index contributed by atoms with van der Waals surface area (Å²) in [5.74, 6) is 1.36. The fraction of sp³-hybridized carbons (Fsp3) is 0.167. The number of fused-ring (bicyclic) bond motifs is 4. The third-order valence-corrected chi connectivity index (χ3v) is 3.08. The molecule has 6 heteroatoms. The van der Waals surface area contributed by atoms with Crippen LogP contribution in [-0.2, 0) is 6.42 Å². The molecule has 0 unspecified atom stereocenters. The minimum atomic E-state index is 0.533. The van der Waals surface area contributed by atoms with E-state index in [-0.39, 0.29) is 0 Å². The number of nitrogens with zero attached hydrogens (tertiary/aromatic N) is 5. The smallest absolute Gasteiger partial charge is 0.273 e. The quantitative estimate of drug-likeness (QED) is 0.548. The highest BCUT2D eigenvalue weighted by Crippen LogP contribution is 2.21. The normalized spacial score (nSPS) is 11.8. The van der Waals surface area contributed by atoms with Crippen molar-refractivity contribution in [2.75, 3.05) is 0 Å². The lowest BCUT2D eigenvalue weighted by Gasteiger charge is -1.95. The molecule has 0 bridgehead atoms. The Morgan fingerprint density at radius 1 is 1.22 bits per heavy atom. The highest BCUT2D eigenvalue weighted by atomic mass is 15.4. The summed E-state index contributed by atoms with van der Waals surface area (Å²) >= 11 is 0. The first-order chi connectivity index (χ1) is 8.86. The van der Waals surface area contributed by atoms with Crippen LogP contribution in [0.5, 0.6) is 0 Å². The molecule has 1 aromatic carbocycles. The van der Waals surface area contributed by atoms with Gasteiger partial charge in [-0.3, -0.25) is 0 Å². The maximum atomic E-state index is 4.59. The van der Waals surface area contributed by atoms with Crippen molar-refractivity contribution in [2.45, 2.75) is 13.3 Å². The average Bonchev–Trinajstić information content (AvgIpc) is 2.96. The van der Waals surface area contributed by atoms with Crippen LogP contribution in [0.4, 0.5) is 0 Å². The van der Waals surface area contributed by atoms with Gasteiger partial charge in [0, 0.05) is 17.3 Å². The molecule has 0 atom stereocenters. The van der Waals surface area contributed by atoms with Gasteiger partial charge in [0.05, 0.1) is 0 Å². The summed E-state index contributed by atoms with van der Waals surface area (Å²) < 4.78 is 1.71. The van der Waals surface area contributed by atoms with Crippen LogP contribution >= 0.6 is 0 Å². The number of hydrogen-bond acceptors (Lipinski definition) is 4. The topological polar surface area (TPSA) is 71.8 Å². The van der Waals surface area contributed by atoms with E-state index < -0.39 is 0 Å². The van der Waals surface area contributed by atoms with Crippen molar-refractivity contribution in [3.63, 3.8) is 0 Å². The molecule has 0 aliphatic heterocycles. The van der Waals surface area contributed by atoms with Crippen molar-refractivity contribution in [3.05, 3.63) is 30.1 Å². The molecule has 4 rings (SSSR count). The van der Waals surface area contributed by atoms with Gasteiger partial charge in [0.1, 0.15) is 5.52 Å². The van der Waals surface area contributed by atoms with E-state index in [4.69, 9.17) is 0 Å². The number of para-hydroxylation sites is 1.